The number of rotatable bonds is 7. The molecule has 2 saturated heterocycles. The summed E-state index contributed by atoms with van der Waals surface area (Å²) in [4.78, 5) is 45.0. The van der Waals surface area contributed by atoms with Gasteiger partial charge in [0.25, 0.3) is 11.7 Å². The number of methoxy groups -OCH3 is 1. The van der Waals surface area contributed by atoms with E-state index >= 15 is 0 Å². The minimum atomic E-state index is -1.11. The predicted molar refractivity (Wildman–Crippen MR) is 129 cm³/mol. The fraction of sp³-hybridized carbons (Fsp3) is 0.423. The zero-order valence-corrected chi connectivity index (χ0v) is 20.6. The van der Waals surface area contributed by atoms with Gasteiger partial charge in [-0.1, -0.05) is 18.2 Å². The van der Waals surface area contributed by atoms with Crippen LogP contribution < -0.4 is 0 Å². The molecule has 0 bridgehead atoms. The molecule has 2 fully saturated rings. The molecule has 1 aromatic heterocycles. The first-order chi connectivity index (χ1) is 17.3. The summed E-state index contributed by atoms with van der Waals surface area (Å²) < 4.78 is 25.1. The van der Waals surface area contributed by atoms with Crippen LogP contribution in [-0.2, 0) is 19.1 Å². The number of nitrogens with one attached hydrogen (secondary N) is 1. The molecule has 0 spiro atoms. The second kappa shape index (κ2) is 10.6. The summed E-state index contributed by atoms with van der Waals surface area (Å²) in [6.07, 6.45) is 0.562. The van der Waals surface area contributed by atoms with E-state index in [1.807, 2.05) is 0 Å². The number of nitrogens with zero attached hydrogens (tertiary/aromatic N) is 2. The van der Waals surface area contributed by atoms with E-state index in [0.717, 1.165) is 13.1 Å². The number of aliphatic hydroxyl groups is 1. The van der Waals surface area contributed by atoms with Crippen molar-refractivity contribution in [1.29, 1.82) is 0 Å². The highest BCUT2D eigenvalue weighted by Gasteiger charge is 2.47. The minimum Gasteiger partial charge on any atom is -0.507 e. The molecule has 9 nitrogen and oxygen atoms in total. The number of ketones is 1. The van der Waals surface area contributed by atoms with E-state index in [4.69, 9.17) is 9.47 Å². The molecule has 0 aliphatic carbocycles. The second-order valence-corrected chi connectivity index (χ2v) is 8.94. The summed E-state index contributed by atoms with van der Waals surface area (Å²) >= 11 is 0. The molecule has 10 heteroatoms. The van der Waals surface area contributed by atoms with Gasteiger partial charge < -0.3 is 24.5 Å². The predicted octanol–water partition coefficient (Wildman–Crippen LogP) is 2.70. The molecule has 192 valence electrons. The van der Waals surface area contributed by atoms with E-state index in [9.17, 15) is 23.9 Å². The van der Waals surface area contributed by atoms with Crippen LogP contribution in [0.3, 0.4) is 0 Å². The number of morpholine rings is 1. The molecule has 0 radical (unpaired) electrons. The Labute approximate surface area is 208 Å². The molecular formula is C26H30FN3O6. The van der Waals surface area contributed by atoms with Crippen LogP contribution in [-0.4, -0.2) is 84.1 Å². The highest BCUT2D eigenvalue weighted by molar-refractivity contribution is 6.46. The Kier molecular flexibility index (Phi) is 7.56. The Balaban J connectivity index is 1.76. The Morgan fingerprint density at radius 2 is 1.89 bits per heavy atom. The van der Waals surface area contributed by atoms with Gasteiger partial charge in [0, 0.05) is 43.0 Å². The van der Waals surface area contributed by atoms with Crippen molar-refractivity contribution in [2.45, 2.75) is 26.3 Å². The molecule has 4 rings (SSSR count). The summed E-state index contributed by atoms with van der Waals surface area (Å²) in [6, 6.07) is 4.79. The van der Waals surface area contributed by atoms with Crippen molar-refractivity contribution < 1.29 is 33.4 Å². The van der Waals surface area contributed by atoms with Crippen LogP contribution in [0.25, 0.3) is 5.76 Å². The normalized spacial score (nSPS) is 20.2. The van der Waals surface area contributed by atoms with Gasteiger partial charge in [0.1, 0.15) is 17.3 Å². The first kappa shape index (κ1) is 25.6. The Morgan fingerprint density at radius 3 is 2.56 bits per heavy atom. The van der Waals surface area contributed by atoms with Crippen molar-refractivity contribution in [2.24, 2.45) is 0 Å². The van der Waals surface area contributed by atoms with Gasteiger partial charge in [-0.2, -0.15) is 0 Å². The van der Waals surface area contributed by atoms with Gasteiger partial charge in [0.2, 0.25) is 0 Å². The monoisotopic (exact) mass is 499 g/mol. The summed E-state index contributed by atoms with van der Waals surface area (Å²) in [7, 11) is 1.23. The molecule has 1 amide bonds. The number of carbonyl (C=O) groups is 3. The topological polar surface area (TPSA) is 112 Å². The van der Waals surface area contributed by atoms with E-state index in [1.165, 1.54) is 30.2 Å². The number of aliphatic hydroxyl groups excluding tert-OH is 1. The van der Waals surface area contributed by atoms with Gasteiger partial charge in [-0.15, -0.1) is 0 Å². The molecule has 2 N–H and O–H groups in total. The summed E-state index contributed by atoms with van der Waals surface area (Å²) in [5, 5.41) is 11.4. The molecular weight excluding hydrogens is 469 g/mol. The number of aromatic amines is 1. The van der Waals surface area contributed by atoms with Gasteiger partial charge >= 0.3 is 5.97 Å². The maximum Gasteiger partial charge on any atom is 0.354 e. The lowest BCUT2D eigenvalue weighted by Crippen LogP contribution is -2.39. The van der Waals surface area contributed by atoms with E-state index in [2.05, 4.69) is 9.88 Å². The van der Waals surface area contributed by atoms with E-state index in [-0.39, 0.29) is 28.9 Å². The molecule has 2 aliphatic heterocycles. The van der Waals surface area contributed by atoms with Crippen molar-refractivity contribution in [3.05, 3.63) is 63.7 Å². The molecule has 1 aromatic carbocycles. The summed E-state index contributed by atoms with van der Waals surface area (Å²) in [5.74, 6) is -3.38. The molecule has 0 saturated carbocycles. The number of hydrogen-bond acceptors (Lipinski definition) is 7. The quantitative estimate of drug-likeness (QED) is 0.261. The zero-order chi connectivity index (χ0) is 26.0. The average molecular weight is 500 g/mol. The van der Waals surface area contributed by atoms with Gasteiger partial charge in [-0.05, 0) is 31.9 Å². The first-order valence-electron chi connectivity index (χ1n) is 11.9. The van der Waals surface area contributed by atoms with Crippen molar-refractivity contribution in [1.82, 2.24) is 14.8 Å². The van der Waals surface area contributed by atoms with E-state index in [1.54, 1.807) is 19.9 Å². The minimum absolute atomic E-state index is 0.114. The Morgan fingerprint density at radius 1 is 1.19 bits per heavy atom. The lowest BCUT2D eigenvalue weighted by Gasteiger charge is -2.29. The number of aryl methyl sites for hydroxylation is 1. The molecule has 3 heterocycles. The smallest absolute Gasteiger partial charge is 0.354 e. The van der Waals surface area contributed by atoms with Crippen molar-refractivity contribution in [2.75, 3.05) is 46.5 Å². The van der Waals surface area contributed by atoms with Gasteiger partial charge in [0.05, 0.1) is 31.9 Å². The summed E-state index contributed by atoms with van der Waals surface area (Å²) in [5.41, 5.74) is 1.02. The number of H-pyrrole nitrogens is 1. The van der Waals surface area contributed by atoms with Crippen LogP contribution in [0.5, 0.6) is 0 Å². The highest BCUT2D eigenvalue weighted by Crippen LogP contribution is 2.41. The first-order valence-corrected chi connectivity index (χ1v) is 11.9. The number of hydrogen-bond donors (Lipinski definition) is 2. The maximum absolute atomic E-state index is 15.0. The standard InChI is InChI=1S/C26H30FN3O6/c1-15-19(16(2)28-21(15)26(34)35-3)23(31)20-22(17-7-4-5-8-18(17)27)30(25(33)24(20)32)10-6-9-29-11-13-36-14-12-29/h4-5,7-8,22,28,31H,6,9-14H2,1-3H3/b23-20+/t22-/m1/s1. The second-order valence-electron chi connectivity index (χ2n) is 8.94. The Bertz CT molecular complexity index is 1210. The van der Waals surface area contributed by atoms with Crippen LogP contribution in [0.15, 0.2) is 29.8 Å². The number of ether oxygens (including phenoxy) is 2. The number of benzene rings is 1. The van der Waals surface area contributed by atoms with Crippen LogP contribution in [0.4, 0.5) is 4.39 Å². The van der Waals surface area contributed by atoms with Crippen molar-refractivity contribution >= 4 is 23.4 Å². The number of aromatic nitrogens is 1. The van der Waals surface area contributed by atoms with Crippen LogP contribution in [0.1, 0.15) is 45.3 Å². The molecule has 2 aromatic rings. The summed E-state index contributed by atoms with van der Waals surface area (Å²) in [6.45, 7) is 6.97. The fourth-order valence-electron chi connectivity index (χ4n) is 4.97. The molecule has 2 aliphatic rings. The molecule has 0 unspecified atom stereocenters. The third-order valence-electron chi connectivity index (χ3n) is 6.78. The van der Waals surface area contributed by atoms with Crippen LogP contribution in [0, 0.1) is 19.7 Å². The lowest BCUT2D eigenvalue weighted by molar-refractivity contribution is -0.140. The van der Waals surface area contributed by atoms with Gasteiger partial charge in [-0.3, -0.25) is 14.5 Å². The Hall–Kier alpha value is -3.50. The van der Waals surface area contributed by atoms with Crippen LogP contribution >= 0.6 is 0 Å². The maximum atomic E-state index is 15.0. The number of carbonyl (C=O) groups excluding carboxylic acids is 3. The van der Waals surface area contributed by atoms with E-state index in [0.29, 0.717) is 37.4 Å². The number of esters is 1. The average Bonchev–Trinajstić information content (AvgIpc) is 3.31. The largest absolute Gasteiger partial charge is 0.507 e. The zero-order valence-electron chi connectivity index (χ0n) is 20.6. The molecule has 1 atom stereocenters. The van der Waals surface area contributed by atoms with Crippen LogP contribution in [0.2, 0.25) is 0 Å². The van der Waals surface area contributed by atoms with E-state index < -0.39 is 35.3 Å². The lowest BCUT2D eigenvalue weighted by atomic mass is 9.93. The van der Waals surface area contributed by atoms with Crippen molar-refractivity contribution in [3.8, 4) is 0 Å². The highest BCUT2D eigenvalue weighted by atomic mass is 19.1. The number of Topliss-reactive ketones (excluding diaryl/α,β-unsaturated/α-hetero) is 1. The number of halogens is 1. The van der Waals surface area contributed by atoms with Gasteiger partial charge in [0.15, 0.2) is 0 Å². The number of likely N-dealkylation sites (tertiary alicyclic amines) is 1. The third kappa shape index (κ3) is 4.66. The van der Waals surface area contributed by atoms with Gasteiger partial charge in [-0.25, -0.2) is 9.18 Å². The SMILES string of the molecule is COC(=O)c1[nH]c(C)c(/C(O)=C2\C(=O)C(=O)N(CCCN3CCOCC3)[C@@H]2c2ccccc2F)c1C. The third-order valence-corrected chi connectivity index (χ3v) is 6.78. The number of amides is 1. The fourth-order valence-corrected chi connectivity index (χ4v) is 4.97. The molecule has 36 heavy (non-hydrogen) atoms. The van der Waals surface area contributed by atoms with Crippen molar-refractivity contribution in [3.63, 3.8) is 0 Å².